The van der Waals surface area contributed by atoms with Gasteiger partial charge >= 0.3 is 0 Å². The third kappa shape index (κ3) is 3.31. The summed E-state index contributed by atoms with van der Waals surface area (Å²) in [6.45, 7) is 2.89. The zero-order chi connectivity index (χ0) is 18.0. The summed E-state index contributed by atoms with van der Waals surface area (Å²) in [7, 11) is 0. The second-order valence-corrected chi connectivity index (χ2v) is 6.69. The summed E-state index contributed by atoms with van der Waals surface area (Å²) in [4.78, 5) is 24.4. The number of alkyl halides is 2. The van der Waals surface area contributed by atoms with Gasteiger partial charge in [-0.25, -0.2) is 0 Å². The van der Waals surface area contributed by atoms with Crippen LogP contribution < -0.4 is 0 Å². The molecule has 0 atom stereocenters. The lowest BCUT2D eigenvalue weighted by molar-refractivity contribution is 0.0981. The number of aryl methyl sites for hydroxylation is 1. The van der Waals surface area contributed by atoms with Crippen LogP contribution in [0, 0.1) is 0 Å². The van der Waals surface area contributed by atoms with E-state index >= 15 is 0 Å². The first-order valence-corrected chi connectivity index (χ1v) is 9.42. The van der Waals surface area contributed by atoms with Gasteiger partial charge in [-0.3, -0.25) is 9.59 Å². The van der Waals surface area contributed by atoms with E-state index in [1.165, 1.54) is 0 Å². The molecule has 0 spiro atoms. The molecule has 3 rings (SSSR count). The van der Waals surface area contributed by atoms with Gasteiger partial charge in [0.15, 0.2) is 11.6 Å². The number of aromatic nitrogens is 1. The summed E-state index contributed by atoms with van der Waals surface area (Å²) in [5.74, 6) is 0.683. The topological polar surface area (TPSA) is 39.1 Å². The standard InChI is InChI=1S/C20H19Cl2NO2/c1-2-23-17-5-3-13(19(24)7-9-21)11-15(17)16-12-14(4-6-18(16)23)20(25)8-10-22/h3-6,11-12H,2,7-10H2,1H3. The van der Waals surface area contributed by atoms with Crippen LogP contribution in [0.25, 0.3) is 21.8 Å². The summed E-state index contributed by atoms with van der Waals surface area (Å²) >= 11 is 11.4. The van der Waals surface area contributed by atoms with Crippen LogP contribution >= 0.6 is 23.2 Å². The SMILES string of the molecule is CCn1c2ccc(C(=O)CCCl)cc2c2cc(C(=O)CCCl)ccc21. The molecule has 0 radical (unpaired) electrons. The van der Waals surface area contributed by atoms with Crippen LogP contribution in [0.5, 0.6) is 0 Å². The Morgan fingerprint density at radius 1 is 0.840 bits per heavy atom. The van der Waals surface area contributed by atoms with E-state index in [2.05, 4.69) is 11.5 Å². The number of nitrogens with zero attached hydrogens (tertiary/aromatic N) is 1. The molecular weight excluding hydrogens is 357 g/mol. The normalized spacial score (nSPS) is 11.3. The number of hydrogen-bond donors (Lipinski definition) is 0. The van der Waals surface area contributed by atoms with E-state index in [0.717, 1.165) is 28.4 Å². The third-order valence-corrected chi connectivity index (χ3v) is 4.85. The van der Waals surface area contributed by atoms with Gasteiger partial charge in [0.2, 0.25) is 0 Å². The number of fused-ring (bicyclic) bond motifs is 3. The molecule has 1 aromatic heterocycles. The minimum Gasteiger partial charge on any atom is -0.341 e. The first-order valence-electron chi connectivity index (χ1n) is 8.35. The lowest BCUT2D eigenvalue weighted by Gasteiger charge is -2.04. The van der Waals surface area contributed by atoms with Gasteiger partial charge in [0.1, 0.15) is 0 Å². The highest BCUT2D eigenvalue weighted by molar-refractivity contribution is 6.20. The van der Waals surface area contributed by atoms with Gasteiger partial charge in [0, 0.05) is 64.1 Å². The molecule has 5 heteroatoms. The van der Waals surface area contributed by atoms with Gasteiger partial charge in [-0.1, -0.05) is 0 Å². The maximum absolute atomic E-state index is 12.2. The van der Waals surface area contributed by atoms with Gasteiger partial charge in [0.05, 0.1) is 0 Å². The third-order valence-electron chi connectivity index (χ3n) is 4.47. The molecule has 2 aromatic carbocycles. The lowest BCUT2D eigenvalue weighted by Crippen LogP contribution is -1.99. The fourth-order valence-corrected chi connectivity index (χ4v) is 3.60. The largest absolute Gasteiger partial charge is 0.341 e. The summed E-state index contributed by atoms with van der Waals surface area (Å²) in [6.07, 6.45) is 0.637. The molecule has 0 unspecified atom stereocenters. The highest BCUT2D eigenvalue weighted by Gasteiger charge is 2.15. The summed E-state index contributed by atoms with van der Waals surface area (Å²) in [5.41, 5.74) is 3.42. The van der Waals surface area contributed by atoms with Gasteiger partial charge in [-0.05, 0) is 43.3 Å². The molecule has 0 bridgehead atoms. The minimum atomic E-state index is 0.0312. The molecule has 0 saturated carbocycles. The quantitative estimate of drug-likeness (QED) is 0.407. The van der Waals surface area contributed by atoms with Gasteiger partial charge in [-0.15, -0.1) is 23.2 Å². The van der Waals surface area contributed by atoms with Crippen molar-refractivity contribution >= 4 is 56.6 Å². The monoisotopic (exact) mass is 375 g/mol. The highest BCUT2D eigenvalue weighted by atomic mass is 35.5. The molecule has 25 heavy (non-hydrogen) atoms. The predicted molar refractivity (Wildman–Crippen MR) is 104 cm³/mol. The van der Waals surface area contributed by atoms with E-state index in [1.54, 1.807) is 0 Å². The summed E-state index contributed by atoms with van der Waals surface area (Å²) < 4.78 is 2.19. The fourth-order valence-electron chi connectivity index (χ4n) is 3.25. The van der Waals surface area contributed by atoms with Gasteiger partial charge in [-0.2, -0.15) is 0 Å². The molecule has 3 nitrogen and oxygen atoms in total. The Morgan fingerprint density at radius 3 is 1.64 bits per heavy atom. The van der Waals surface area contributed by atoms with E-state index in [-0.39, 0.29) is 11.6 Å². The van der Waals surface area contributed by atoms with Crippen molar-refractivity contribution in [3.63, 3.8) is 0 Å². The van der Waals surface area contributed by atoms with E-state index < -0.39 is 0 Å². The number of halogens is 2. The summed E-state index contributed by atoms with van der Waals surface area (Å²) in [5, 5.41) is 1.97. The Hall–Kier alpha value is -1.84. The average molecular weight is 376 g/mol. The Labute approximate surface area is 156 Å². The van der Waals surface area contributed by atoms with Crippen LogP contribution in [-0.4, -0.2) is 27.9 Å². The number of hydrogen-bond acceptors (Lipinski definition) is 2. The molecule has 3 aromatic rings. The molecular formula is C20H19Cl2NO2. The van der Waals surface area contributed by atoms with Crippen LogP contribution in [0.1, 0.15) is 40.5 Å². The number of Topliss-reactive ketones (excluding diaryl/α,β-unsaturated/α-hetero) is 2. The molecule has 0 aliphatic carbocycles. The van der Waals surface area contributed by atoms with Crippen molar-refractivity contribution in [3.05, 3.63) is 47.5 Å². The van der Waals surface area contributed by atoms with Gasteiger partial charge in [0.25, 0.3) is 0 Å². The van der Waals surface area contributed by atoms with Crippen molar-refractivity contribution in [2.24, 2.45) is 0 Å². The zero-order valence-electron chi connectivity index (χ0n) is 14.0. The van der Waals surface area contributed by atoms with Crippen molar-refractivity contribution in [2.45, 2.75) is 26.3 Å². The van der Waals surface area contributed by atoms with E-state index in [1.807, 2.05) is 36.4 Å². The number of carbonyl (C=O) groups excluding carboxylic acids is 2. The van der Waals surface area contributed by atoms with Crippen LogP contribution in [-0.2, 0) is 6.54 Å². The lowest BCUT2D eigenvalue weighted by atomic mass is 10.0. The Bertz CT molecular complexity index is 884. The molecule has 130 valence electrons. The molecule has 1 heterocycles. The van der Waals surface area contributed by atoms with E-state index in [0.29, 0.717) is 35.7 Å². The van der Waals surface area contributed by atoms with Crippen LogP contribution in [0.4, 0.5) is 0 Å². The molecule has 0 saturated heterocycles. The second-order valence-electron chi connectivity index (χ2n) is 5.93. The van der Waals surface area contributed by atoms with Crippen LogP contribution in [0.15, 0.2) is 36.4 Å². The number of benzene rings is 2. The van der Waals surface area contributed by atoms with E-state index in [4.69, 9.17) is 23.2 Å². The van der Waals surface area contributed by atoms with Crippen LogP contribution in [0.3, 0.4) is 0 Å². The number of ketones is 2. The van der Waals surface area contributed by atoms with Crippen LogP contribution in [0.2, 0.25) is 0 Å². The smallest absolute Gasteiger partial charge is 0.164 e. The molecule has 0 fully saturated rings. The molecule has 0 aliphatic rings. The Kier molecular flexibility index (Phi) is 5.45. The van der Waals surface area contributed by atoms with Crippen molar-refractivity contribution in [2.75, 3.05) is 11.8 Å². The molecule has 0 N–H and O–H groups in total. The van der Waals surface area contributed by atoms with E-state index in [9.17, 15) is 9.59 Å². The number of rotatable bonds is 7. The first kappa shape index (κ1) is 18.0. The molecule has 0 aliphatic heterocycles. The van der Waals surface area contributed by atoms with Crippen molar-refractivity contribution in [3.8, 4) is 0 Å². The molecule has 0 amide bonds. The van der Waals surface area contributed by atoms with Crippen molar-refractivity contribution in [1.82, 2.24) is 4.57 Å². The zero-order valence-corrected chi connectivity index (χ0v) is 15.5. The Morgan fingerprint density at radius 2 is 1.28 bits per heavy atom. The van der Waals surface area contributed by atoms with Crippen molar-refractivity contribution in [1.29, 1.82) is 0 Å². The average Bonchev–Trinajstić information content (AvgIpc) is 2.94. The highest BCUT2D eigenvalue weighted by Crippen LogP contribution is 2.31. The summed E-state index contributed by atoms with van der Waals surface area (Å²) in [6, 6.07) is 11.5. The number of carbonyl (C=O) groups is 2. The van der Waals surface area contributed by atoms with Gasteiger partial charge < -0.3 is 4.57 Å². The first-order chi connectivity index (χ1) is 12.1. The fraction of sp³-hybridized carbons (Fsp3) is 0.300. The minimum absolute atomic E-state index is 0.0312. The predicted octanol–water partition coefficient (Wildman–Crippen LogP) is 5.44. The maximum atomic E-state index is 12.2. The maximum Gasteiger partial charge on any atom is 0.164 e. The Balaban J connectivity index is 2.23. The second kappa shape index (κ2) is 7.59. The van der Waals surface area contributed by atoms with Crippen molar-refractivity contribution < 1.29 is 9.59 Å².